The lowest BCUT2D eigenvalue weighted by Crippen LogP contribution is -2.10. The van der Waals surface area contributed by atoms with E-state index in [4.69, 9.17) is 0 Å². The van der Waals surface area contributed by atoms with Crippen LogP contribution in [-0.4, -0.2) is 0 Å². The monoisotopic (exact) mass is 333 g/mol. The number of benzene rings is 3. The maximum atomic E-state index is 2.29. The fourth-order valence-electron chi connectivity index (χ4n) is 2.68. The van der Waals surface area contributed by atoms with Gasteiger partial charge in [-0.15, -0.1) is 0 Å². The van der Waals surface area contributed by atoms with Crippen molar-refractivity contribution in [2.24, 2.45) is 0 Å². The van der Waals surface area contributed by atoms with E-state index in [0.717, 1.165) is 0 Å². The van der Waals surface area contributed by atoms with Crippen LogP contribution in [0.3, 0.4) is 0 Å². The van der Waals surface area contributed by atoms with Gasteiger partial charge in [-0.1, -0.05) is 70.2 Å². The number of nitrogens with zero attached hydrogens (tertiary/aromatic N) is 1. The summed E-state index contributed by atoms with van der Waals surface area (Å²) in [7, 11) is 0. The van der Waals surface area contributed by atoms with Gasteiger partial charge >= 0.3 is 0 Å². The molecule has 0 amide bonds. The summed E-state index contributed by atoms with van der Waals surface area (Å²) >= 11 is 0. The van der Waals surface area contributed by atoms with Gasteiger partial charge in [0.1, 0.15) is 0 Å². The first-order valence-electron chi connectivity index (χ1n) is 9.22. The second kappa shape index (κ2) is 11.1. The summed E-state index contributed by atoms with van der Waals surface area (Å²) in [6.07, 6.45) is 0. The van der Waals surface area contributed by atoms with Crippen LogP contribution < -0.4 is 4.90 Å². The van der Waals surface area contributed by atoms with Crippen LogP contribution in [0.25, 0.3) is 0 Å². The first-order valence-corrected chi connectivity index (χ1v) is 9.22. The van der Waals surface area contributed by atoms with E-state index in [0.29, 0.717) is 0 Å². The third-order valence-corrected chi connectivity index (χ3v) is 3.49. The molecule has 0 aliphatic carbocycles. The Hall–Kier alpha value is -2.54. The highest BCUT2D eigenvalue weighted by Crippen LogP contribution is 2.34. The van der Waals surface area contributed by atoms with Gasteiger partial charge in [0.05, 0.1) is 0 Å². The number of anilines is 3. The van der Waals surface area contributed by atoms with Gasteiger partial charge in [-0.2, -0.15) is 0 Å². The first kappa shape index (κ1) is 20.5. The van der Waals surface area contributed by atoms with Gasteiger partial charge in [-0.25, -0.2) is 0 Å². The van der Waals surface area contributed by atoms with Crippen molar-refractivity contribution in [3.8, 4) is 0 Å². The molecule has 0 saturated heterocycles. The van der Waals surface area contributed by atoms with Gasteiger partial charge < -0.3 is 4.90 Å². The molecule has 25 heavy (non-hydrogen) atoms. The Morgan fingerprint density at radius 3 is 1.20 bits per heavy atom. The molecule has 0 radical (unpaired) electrons. The summed E-state index contributed by atoms with van der Waals surface area (Å²) in [6.45, 7) is 12.3. The smallest absolute Gasteiger partial charge is 0.0466 e. The molecule has 0 saturated carbocycles. The molecule has 1 nitrogen and oxygen atoms in total. The van der Waals surface area contributed by atoms with Crippen LogP contribution in [0, 0.1) is 13.8 Å². The Kier molecular flexibility index (Phi) is 9.10. The lowest BCUT2D eigenvalue weighted by atomic mass is 10.1. The fourth-order valence-corrected chi connectivity index (χ4v) is 2.68. The number of hydrogen-bond acceptors (Lipinski definition) is 1. The zero-order valence-electron chi connectivity index (χ0n) is 16.5. The lowest BCUT2D eigenvalue weighted by Gasteiger charge is -2.26. The summed E-state index contributed by atoms with van der Waals surface area (Å²) in [5.41, 5.74) is 6.11. The molecule has 0 spiro atoms. The van der Waals surface area contributed by atoms with Crippen molar-refractivity contribution >= 4 is 17.1 Å². The Morgan fingerprint density at radius 1 is 0.480 bits per heavy atom. The van der Waals surface area contributed by atoms with E-state index < -0.39 is 0 Å². The third kappa shape index (κ3) is 5.79. The summed E-state index contributed by atoms with van der Waals surface area (Å²) in [5, 5.41) is 0. The van der Waals surface area contributed by atoms with Crippen LogP contribution in [0.4, 0.5) is 17.1 Å². The molecule has 0 N–H and O–H groups in total. The Balaban J connectivity index is 0.000000730. The number of rotatable bonds is 3. The van der Waals surface area contributed by atoms with Crippen molar-refractivity contribution in [2.45, 2.75) is 41.5 Å². The van der Waals surface area contributed by atoms with E-state index in [2.05, 4.69) is 85.5 Å². The first-order chi connectivity index (χ1) is 12.2. The average Bonchev–Trinajstić information content (AvgIpc) is 2.66. The largest absolute Gasteiger partial charge is 0.310 e. The summed E-state index contributed by atoms with van der Waals surface area (Å²) in [4.78, 5) is 2.29. The van der Waals surface area contributed by atoms with Crippen LogP contribution >= 0.6 is 0 Å². The lowest BCUT2D eigenvalue weighted by molar-refractivity contribution is 1.25. The predicted molar refractivity (Wildman–Crippen MR) is 113 cm³/mol. The number of aryl methyl sites for hydroxylation is 2. The van der Waals surface area contributed by atoms with Gasteiger partial charge in [0, 0.05) is 17.1 Å². The van der Waals surface area contributed by atoms with Crippen molar-refractivity contribution in [2.75, 3.05) is 4.90 Å². The molecule has 3 aromatic carbocycles. The second-order valence-electron chi connectivity index (χ2n) is 5.35. The van der Waals surface area contributed by atoms with E-state index in [1.807, 2.05) is 39.8 Å². The van der Waals surface area contributed by atoms with E-state index in [1.54, 1.807) is 0 Å². The minimum absolute atomic E-state index is 1.17. The zero-order valence-corrected chi connectivity index (χ0v) is 16.5. The summed E-state index contributed by atoms with van der Waals surface area (Å²) in [5.74, 6) is 0. The molecular formula is C24H31N. The molecule has 3 rings (SSSR count). The normalized spacial score (nSPS) is 9.20. The minimum Gasteiger partial charge on any atom is -0.310 e. The third-order valence-electron chi connectivity index (χ3n) is 3.49. The van der Waals surface area contributed by atoms with Crippen LogP contribution in [-0.2, 0) is 0 Å². The van der Waals surface area contributed by atoms with Crippen LogP contribution in [0.1, 0.15) is 38.8 Å². The van der Waals surface area contributed by atoms with E-state index in [-0.39, 0.29) is 0 Å². The standard InChI is InChI=1S/C20H19N.2C2H6/c1-16-13-17(2)15-20(14-16)21(18-9-5-3-6-10-18)19-11-7-4-8-12-19;2*1-2/h3-15H,1-2H3;2*1-2H3. The second-order valence-corrected chi connectivity index (χ2v) is 5.35. The highest BCUT2D eigenvalue weighted by atomic mass is 15.1. The number of hydrogen-bond donors (Lipinski definition) is 0. The van der Waals surface area contributed by atoms with E-state index in [1.165, 1.54) is 28.2 Å². The molecule has 0 unspecified atom stereocenters. The summed E-state index contributed by atoms with van der Waals surface area (Å²) < 4.78 is 0. The van der Waals surface area contributed by atoms with Crippen LogP contribution in [0.2, 0.25) is 0 Å². The molecule has 1 heteroatoms. The zero-order chi connectivity index (χ0) is 18.7. The molecule has 0 heterocycles. The topological polar surface area (TPSA) is 3.24 Å². The fraction of sp³-hybridized carbons (Fsp3) is 0.250. The van der Waals surface area contributed by atoms with Gasteiger partial charge in [0.25, 0.3) is 0 Å². The molecule has 132 valence electrons. The maximum Gasteiger partial charge on any atom is 0.0466 e. The van der Waals surface area contributed by atoms with Gasteiger partial charge in [-0.3, -0.25) is 0 Å². The van der Waals surface area contributed by atoms with Crippen molar-refractivity contribution < 1.29 is 0 Å². The molecule has 0 aromatic heterocycles. The molecular weight excluding hydrogens is 302 g/mol. The van der Waals surface area contributed by atoms with Crippen LogP contribution in [0.15, 0.2) is 78.9 Å². The minimum atomic E-state index is 1.17. The Morgan fingerprint density at radius 2 is 0.840 bits per heavy atom. The molecule has 0 bridgehead atoms. The molecule has 0 aliphatic heterocycles. The SMILES string of the molecule is CC.CC.Cc1cc(C)cc(N(c2ccccc2)c2ccccc2)c1. The van der Waals surface area contributed by atoms with Gasteiger partial charge in [-0.05, 0) is 61.4 Å². The molecule has 0 atom stereocenters. The van der Waals surface area contributed by atoms with Gasteiger partial charge in [0.15, 0.2) is 0 Å². The van der Waals surface area contributed by atoms with E-state index in [9.17, 15) is 0 Å². The van der Waals surface area contributed by atoms with Crippen molar-refractivity contribution in [3.63, 3.8) is 0 Å². The average molecular weight is 334 g/mol. The Bertz CT molecular complexity index is 658. The Labute approximate surface area is 154 Å². The highest BCUT2D eigenvalue weighted by molar-refractivity contribution is 5.76. The van der Waals surface area contributed by atoms with Crippen molar-refractivity contribution in [3.05, 3.63) is 90.0 Å². The molecule has 0 aliphatic rings. The van der Waals surface area contributed by atoms with Crippen molar-refractivity contribution in [1.29, 1.82) is 0 Å². The predicted octanol–water partition coefficient (Wildman–Crippen LogP) is 7.83. The molecule has 0 fully saturated rings. The summed E-state index contributed by atoms with van der Waals surface area (Å²) in [6, 6.07) is 27.6. The van der Waals surface area contributed by atoms with Crippen molar-refractivity contribution in [1.82, 2.24) is 0 Å². The van der Waals surface area contributed by atoms with Gasteiger partial charge in [0.2, 0.25) is 0 Å². The maximum absolute atomic E-state index is 2.29. The number of para-hydroxylation sites is 2. The highest BCUT2D eigenvalue weighted by Gasteiger charge is 2.12. The van der Waals surface area contributed by atoms with Crippen LogP contribution in [0.5, 0.6) is 0 Å². The van der Waals surface area contributed by atoms with E-state index >= 15 is 0 Å². The quantitative estimate of drug-likeness (QED) is 0.472. The molecule has 3 aromatic rings.